The van der Waals surface area contributed by atoms with Gasteiger partial charge in [0.25, 0.3) is 0 Å². The van der Waals surface area contributed by atoms with Crippen molar-refractivity contribution in [1.82, 2.24) is 4.90 Å². The Morgan fingerprint density at radius 3 is 2.47 bits per heavy atom. The van der Waals surface area contributed by atoms with Crippen LogP contribution in [0.2, 0.25) is 0 Å². The van der Waals surface area contributed by atoms with Gasteiger partial charge in [-0.1, -0.05) is 12.1 Å². The van der Waals surface area contributed by atoms with Crippen molar-refractivity contribution in [3.63, 3.8) is 0 Å². The van der Waals surface area contributed by atoms with Crippen LogP contribution >= 0.6 is 12.2 Å². The lowest BCUT2D eigenvalue weighted by atomic mass is 9.98. The second kappa shape index (κ2) is 5.91. The standard InChI is InChI=1S/C16H24N2S/c1-11-8-9-12(2)15(10-11)17-16(19)18-13(3)6-5-7-14(18)4/h8-10,13-14H,5-7H2,1-4H3,(H,17,19). The molecule has 2 unspecified atom stereocenters. The first-order chi connectivity index (χ1) is 8.99. The van der Waals surface area contributed by atoms with E-state index >= 15 is 0 Å². The van der Waals surface area contributed by atoms with Crippen LogP contribution in [0, 0.1) is 13.8 Å². The Morgan fingerprint density at radius 2 is 1.84 bits per heavy atom. The highest BCUT2D eigenvalue weighted by molar-refractivity contribution is 7.80. The highest BCUT2D eigenvalue weighted by Crippen LogP contribution is 2.24. The van der Waals surface area contributed by atoms with Crippen molar-refractivity contribution in [2.24, 2.45) is 0 Å². The Bertz CT molecular complexity index is 460. The van der Waals surface area contributed by atoms with Crippen molar-refractivity contribution in [1.29, 1.82) is 0 Å². The molecule has 0 amide bonds. The lowest BCUT2D eigenvalue weighted by Gasteiger charge is -2.41. The topological polar surface area (TPSA) is 15.3 Å². The summed E-state index contributed by atoms with van der Waals surface area (Å²) in [6.07, 6.45) is 3.78. The summed E-state index contributed by atoms with van der Waals surface area (Å²) in [6, 6.07) is 7.52. The number of rotatable bonds is 1. The predicted octanol–water partition coefficient (Wildman–Crippen LogP) is 4.26. The van der Waals surface area contributed by atoms with Crippen molar-refractivity contribution in [2.45, 2.75) is 59.0 Å². The summed E-state index contributed by atoms with van der Waals surface area (Å²) < 4.78 is 0. The molecule has 1 heterocycles. The van der Waals surface area contributed by atoms with Crippen molar-refractivity contribution < 1.29 is 0 Å². The molecule has 1 fully saturated rings. The minimum absolute atomic E-state index is 0.536. The number of benzene rings is 1. The summed E-state index contributed by atoms with van der Waals surface area (Å²) in [5.74, 6) is 0. The molecule has 0 aromatic heterocycles. The summed E-state index contributed by atoms with van der Waals surface area (Å²) >= 11 is 5.63. The lowest BCUT2D eigenvalue weighted by Crippen LogP contribution is -2.49. The molecule has 1 aliphatic rings. The first kappa shape index (κ1) is 14.3. The van der Waals surface area contributed by atoms with Crippen molar-refractivity contribution >= 4 is 23.0 Å². The van der Waals surface area contributed by atoms with Crippen molar-refractivity contribution in [2.75, 3.05) is 5.32 Å². The van der Waals surface area contributed by atoms with Gasteiger partial charge >= 0.3 is 0 Å². The van der Waals surface area contributed by atoms with E-state index in [0.717, 1.165) is 10.8 Å². The third-order valence-electron chi connectivity index (χ3n) is 4.06. The molecule has 104 valence electrons. The maximum absolute atomic E-state index is 5.63. The number of piperidine rings is 1. The second-order valence-corrected chi connectivity index (χ2v) is 6.17. The van der Waals surface area contributed by atoms with Crippen LogP contribution in [-0.2, 0) is 0 Å². The van der Waals surface area contributed by atoms with Gasteiger partial charge in [0.15, 0.2) is 5.11 Å². The van der Waals surface area contributed by atoms with E-state index in [1.54, 1.807) is 0 Å². The number of hydrogen-bond donors (Lipinski definition) is 1. The number of likely N-dealkylation sites (tertiary alicyclic amines) is 1. The van der Waals surface area contributed by atoms with Crippen molar-refractivity contribution in [3.05, 3.63) is 29.3 Å². The SMILES string of the molecule is Cc1ccc(C)c(NC(=S)N2C(C)CCCC2C)c1. The summed E-state index contributed by atoms with van der Waals surface area (Å²) in [5, 5.41) is 4.31. The van der Waals surface area contributed by atoms with Crippen LogP contribution < -0.4 is 5.32 Å². The molecule has 2 rings (SSSR count). The van der Waals surface area contributed by atoms with Crippen LogP contribution in [0.4, 0.5) is 5.69 Å². The minimum atomic E-state index is 0.536. The van der Waals surface area contributed by atoms with Crippen LogP contribution in [0.1, 0.15) is 44.2 Å². The number of aryl methyl sites for hydroxylation is 2. The second-order valence-electron chi connectivity index (χ2n) is 5.78. The largest absolute Gasteiger partial charge is 0.344 e. The van der Waals surface area contributed by atoms with E-state index in [1.807, 2.05) is 0 Å². The molecule has 1 saturated heterocycles. The van der Waals surface area contributed by atoms with E-state index < -0.39 is 0 Å². The van der Waals surface area contributed by atoms with Gasteiger partial charge in [-0.2, -0.15) is 0 Å². The molecule has 0 aliphatic carbocycles. The summed E-state index contributed by atoms with van der Waals surface area (Å²) in [6.45, 7) is 8.77. The first-order valence-corrected chi connectivity index (χ1v) is 7.56. The zero-order valence-corrected chi connectivity index (χ0v) is 13.2. The van der Waals surface area contributed by atoms with Gasteiger partial charge in [-0.25, -0.2) is 0 Å². The van der Waals surface area contributed by atoms with Gasteiger partial charge in [0, 0.05) is 17.8 Å². The molecule has 2 nitrogen and oxygen atoms in total. The Labute approximate surface area is 122 Å². The monoisotopic (exact) mass is 276 g/mol. The van der Waals surface area contributed by atoms with Gasteiger partial charge in [0.1, 0.15) is 0 Å². The highest BCUT2D eigenvalue weighted by atomic mass is 32.1. The number of nitrogens with zero attached hydrogens (tertiary/aromatic N) is 1. The summed E-state index contributed by atoms with van der Waals surface area (Å²) in [7, 11) is 0. The average Bonchev–Trinajstić information content (AvgIpc) is 2.33. The van der Waals surface area contributed by atoms with E-state index in [2.05, 4.69) is 56.1 Å². The number of nitrogens with one attached hydrogen (secondary N) is 1. The van der Waals surface area contributed by atoms with Gasteiger partial charge in [0.05, 0.1) is 0 Å². The normalized spacial score (nSPS) is 23.3. The molecule has 1 N–H and O–H groups in total. The highest BCUT2D eigenvalue weighted by Gasteiger charge is 2.26. The van der Waals surface area contributed by atoms with Gasteiger partial charge < -0.3 is 10.2 Å². The van der Waals surface area contributed by atoms with E-state index in [1.165, 1.54) is 30.4 Å². The fourth-order valence-electron chi connectivity index (χ4n) is 2.87. The fourth-order valence-corrected chi connectivity index (χ4v) is 3.34. The van der Waals surface area contributed by atoms with Gasteiger partial charge in [-0.05, 0) is 76.4 Å². The third-order valence-corrected chi connectivity index (χ3v) is 4.38. The molecule has 3 heteroatoms. The van der Waals surface area contributed by atoms with E-state index in [-0.39, 0.29) is 0 Å². The first-order valence-electron chi connectivity index (χ1n) is 7.15. The molecule has 1 aliphatic heterocycles. The molecule has 0 bridgehead atoms. The van der Waals surface area contributed by atoms with E-state index in [9.17, 15) is 0 Å². The number of anilines is 1. The van der Waals surface area contributed by atoms with E-state index in [0.29, 0.717) is 12.1 Å². The molecule has 1 aromatic rings. The maximum Gasteiger partial charge on any atom is 0.173 e. The maximum atomic E-state index is 5.63. The van der Waals surface area contributed by atoms with Crippen LogP contribution in [0.5, 0.6) is 0 Å². The predicted molar refractivity (Wildman–Crippen MR) is 86.8 cm³/mol. The van der Waals surface area contributed by atoms with Crippen molar-refractivity contribution in [3.8, 4) is 0 Å². The summed E-state index contributed by atoms with van der Waals surface area (Å²) in [4.78, 5) is 2.36. The van der Waals surface area contributed by atoms with Gasteiger partial charge in [-0.3, -0.25) is 0 Å². The molecule has 2 atom stereocenters. The molecule has 1 aromatic carbocycles. The van der Waals surface area contributed by atoms with Crippen LogP contribution in [-0.4, -0.2) is 22.1 Å². The molecule has 0 saturated carbocycles. The minimum Gasteiger partial charge on any atom is -0.344 e. The zero-order chi connectivity index (χ0) is 14.0. The summed E-state index contributed by atoms with van der Waals surface area (Å²) in [5.41, 5.74) is 3.64. The van der Waals surface area contributed by atoms with Crippen LogP contribution in [0.15, 0.2) is 18.2 Å². The quantitative estimate of drug-likeness (QED) is 0.771. The average molecular weight is 276 g/mol. The Morgan fingerprint density at radius 1 is 1.21 bits per heavy atom. The molecule has 19 heavy (non-hydrogen) atoms. The van der Waals surface area contributed by atoms with Crippen LogP contribution in [0.25, 0.3) is 0 Å². The van der Waals surface area contributed by atoms with Crippen LogP contribution in [0.3, 0.4) is 0 Å². The number of hydrogen-bond acceptors (Lipinski definition) is 1. The zero-order valence-electron chi connectivity index (χ0n) is 12.4. The molecule has 0 spiro atoms. The Hall–Kier alpha value is -1.09. The smallest absolute Gasteiger partial charge is 0.173 e. The van der Waals surface area contributed by atoms with Gasteiger partial charge in [0.2, 0.25) is 0 Å². The number of thiocarbonyl (C=S) groups is 1. The molecular formula is C16H24N2S. The fraction of sp³-hybridized carbons (Fsp3) is 0.562. The Kier molecular flexibility index (Phi) is 4.46. The third kappa shape index (κ3) is 3.27. The lowest BCUT2D eigenvalue weighted by molar-refractivity contribution is 0.194. The molecular weight excluding hydrogens is 252 g/mol. The van der Waals surface area contributed by atoms with E-state index in [4.69, 9.17) is 12.2 Å². The molecule has 0 radical (unpaired) electrons. The van der Waals surface area contributed by atoms with Gasteiger partial charge in [-0.15, -0.1) is 0 Å². The Balaban J connectivity index is 2.13.